The van der Waals surface area contributed by atoms with Gasteiger partial charge in [0.05, 0.1) is 28.7 Å². The van der Waals surface area contributed by atoms with Gasteiger partial charge in [-0.2, -0.15) is 0 Å². The molecule has 10 heteroatoms. The van der Waals surface area contributed by atoms with E-state index in [9.17, 15) is 14.7 Å². The molecule has 178 valence electrons. The van der Waals surface area contributed by atoms with Crippen molar-refractivity contribution in [2.75, 3.05) is 30.4 Å². The van der Waals surface area contributed by atoms with Gasteiger partial charge in [0.1, 0.15) is 5.15 Å². The van der Waals surface area contributed by atoms with E-state index in [0.29, 0.717) is 40.5 Å². The Bertz CT molecular complexity index is 1360. The zero-order chi connectivity index (χ0) is 24.3. The van der Waals surface area contributed by atoms with Crippen molar-refractivity contribution < 1.29 is 14.6 Å². The Kier molecular flexibility index (Phi) is 5.49. The predicted octanol–water partition coefficient (Wildman–Crippen LogP) is 3.24. The fourth-order valence-corrected chi connectivity index (χ4v) is 5.31. The molecular formula is C24H26ClN5O4. The largest absolute Gasteiger partial charge is 0.476 e. The monoisotopic (exact) mass is 483 g/mol. The first-order valence-corrected chi connectivity index (χ1v) is 11.5. The Morgan fingerprint density at radius 3 is 2.62 bits per heavy atom. The Morgan fingerprint density at radius 1 is 1.26 bits per heavy atom. The second kappa shape index (κ2) is 8.25. The molecule has 2 N–H and O–H groups in total. The van der Waals surface area contributed by atoms with E-state index >= 15 is 0 Å². The smallest absolute Gasteiger partial charge is 0.356 e. The van der Waals surface area contributed by atoms with Gasteiger partial charge >= 0.3 is 5.97 Å². The van der Waals surface area contributed by atoms with E-state index in [4.69, 9.17) is 21.3 Å². The van der Waals surface area contributed by atoms with Crippen molar-refractivity contribution in [1.82, 2.24) is 14.5 Å². The molecule has 1 unspecified atom stereocenters. The molecule has 34 heavy (non-hydrogen) atoms. The van der Waals surface area contributed by atoms with Crippen molar-refractivity contribution in [3.8, 4) is 0 Å². The van der Waals surface area contributed by atoms with Gasteiger partial charge in [0.2, 0.25) is 5.95 Å². The van der Waals surface area contributed by atoms with Crippen molar-refractivity contribution in [3.63, 3.8) is 0 Å². The minimum absolute atomic E-state index is 0.103. The van der Waals surface area contributed by atoms with Crippen LogP contribution in [0, 0.1) is 18.8 Å². The van der Waals surface area contributed by atoms with E-state index in [0.717, 1.165) is 24.2 Å². The van der Waals surface area contributed by atoms with Crippen molar-refractivity contribution in [2.24, 2.45) is 18.9 Å². The zero-order valence-electron chi connectivity index (χ0n) is 19.4. The average Bonchev–Trinajstić information content (AvgIpc) is 3.27. The Hall–Kier alpha value is -3.17. The van der Waals surface area contributed by atoms with Gasteiger partial charge in [-0.25, -0.2) is 14.8 Å². The maximum Gasteiger partial charge on any atom is 0.356 e. The molecule has 0 bridgehead atoms. The molecule has 0 amide bonds. The van der Waals surface area contributed by atoms with E-state index in [1.54, 1.807) is 24.8 Å². The number of aryl methyl sites for hydroxylation is 1. The number of hydrogen-bond acceptors (Lipinski definition) is 7. The molecule has 2 fully saturated rings. The number of pyridine rings is 1. The summed E-state index contributed by atoms with van der Waals surface area (Å²) in [6.45, 7) is 5.45. The summed E-state index contributed by atoms with van der Waals surface area (Å²) in [7, 11) is 3.50. The first-order valence-electron chi connectivity index (χ1n) is 11.1. The standard InChI is InChI=1S/C24H26ClN5O4/c1-11-7-13(12(2)26-17-5-6-18(25)27-20(17)23(32)33)19-14(8-11)22(31)29(3)24(28-19)30-9-15-16(10-30)21(15)34-4/h5-8,12,15-16,21,26H,9-10H2,1-4H3,(H,32,33)/t12-,15-,16+,21?/m0/s1. The van der Waals surface area contributed by atoms with E-state index < -0.39 is 5.97 Å². The minimum atomic E-state index is -1.18. The van der Waals surface area contributed by atoms with E-state index in [1.807, 2.05) is 26.0 Å². The number of rotatable bonds is 6. The van der Waals surface area contributed by atoms with Crippen LogP contribution in [-0.4, -0.2) is 51.9 Å². The van der Waals surface area contributed by atoms with E-state index in [1.165, 1.54) is 6.07 Å². The first-order chi connectivity index (χ1) is 16.2. The third kappa shape index (κ3) is 3.69. The molecule has 3 aromatic rings. The summed E-state index contributed by atoms with van der Waals surface area (Å²) < 4.78 is 7.12. The fraction of sp³-hybridized carbons (Fsp3) is 0.417. The highest BCUT2D eigenvalue weighted by Crippen LogP contribution is 2.48. The predicted molar refractivity (Wildman–Crippen MR) is 130 cm³/mol. The maximum atomic E-state index is 13.3. The molecule has 3 heterocycles. The Balaban J connectivity index is 1.56. The zero-order valence-corrected chi connectivity index (χ0v) is 20.1. The number of halogens is 1. The van der Waals surface area contributed by atoms with Crippen LogP contribution in [0.3, 0.4) is 0 Å². The molecule has 2 aromatic heterocycles. The number of fused-ring (bicyclic) bond motifs is 2. The van der Waals surface area contributed by atoms with Gasteiger partial charge in [-0.3, -0.25) is 9.36 Å². The molecule has 5 rings (SSSR count). The molecule has 4 atom stereocenters. The third-order valence-corrected chi connectivity index (χ3v) is 7.11. The number of nitrogens with zero attached hydrogens (tertiary/aromatic N) is 4. The third-order valence-electron chi connectivity index (χ3n) is 6.90. The lowest BCUT2D eigenvalue weighted by atomic mass is 10.0. The summed E-state index contributed by atoms with van der Waals surface area (Å²) in [6, 6.07) is 6.60. The number of methoxy groups -OCH3 is 1. The Morgan fingerprint density at radius 2 is 1.97 bits per heavy atom. The number of benzene rings is 1. The second-order valence-electron chi connectivity index (χ2n) is 9.16. The molecule has 1 saturated heterocycles. The van der Waals surface area contributed by atoms with Crippen LogP contribution < -0.4 is 15.8 Å². The van der Waals surface area contributed by atoms with Gasteiger partial charge in [-0.1, -0.05) is 17.7 Å². The van der Waals surface area contributed by atoms with Gasteiger partial charge < -0.3 is 20.1 Å². The number of ether oxygens (including phenoxy) is 1. The molecular weight excluding hydrogens is 458 g/mol. The molecule has 0 radical (unpaired) electrons. The number of carbonyl (C=O) groups is 1. The molecule has 1 aliphatic heterocycles. The van der Waals surface area contributed by atoms with Crippen LogP contribution in [0.2, 0.25) is 5.15 Å². The quantitative estimate of drug-likeness (QED) is 0.514. The van der Waals surface area contributed by atoms with Gasteiger partial charge in [-0.05, 0) is 37.6 Å². The van der Waals surface area contributed by atoms with Crippen LogP contribution in [0.1, 0.15) is 34.6 Å². The summed E-state index contributed by atoms with van der Waals surface area (Å²) in [5.74, 6) is 0.406. The van der Waals surface area contributed by atoms with Crippen LogP contribution in [0.5, 0.6) is 0 Å². The number of aromatic carboxylic acids is 1. The number of nitrogens with one attached hydrogen (secondary N) is 1. The van der Waals surface area contributed by atoms with Gasteiger partial charge in [-0.15, -0.1) is 0 Å². The van der Waals surface area contributed by atoms with Crippen LogP contribution >= 0.6 is 11.6 Å². The van der Waals surface area contributed by atoms with Crippen LogP contribution in [-0.2, 0) is 11.8 Å². The number of anilines is 2. The molecule has 9 nitrogen and oxygen atoms in total. The molecule has 1 aromatic carbocycles. The van der Waals surface area contributed by atoms with Crippen LogP contribution in [0.15, 0.2) is 29.1 Å². The van der Waals surface area contributed by atoms with E-state index in [-0.39, 0.29) is 22.4 Å². The normalized spacial score (nSPS) is 22.0. The fourth-order valence-electron chi connectivity index (χ4n) is 5.16. The summed E-state index contributed by atoms with van der Waals surface area (Å²) in [5, 5.41) is 13.4. The maximum absolute atomic E-state index is 13.3. The SMILES string of the molecule is COC1[C@H]2CN(c3nc4c([C@H](C)Nc5ccc(Cl)nc5C(=O)O)cc(C)cc4c(=O)n3C)C[C@@H]12. The van der Waals surface area contributed by atoms with Gasteiger partial charge in [0, 0.05) is 44.6 Å². The second-order valence-corrected chi connectivity index (χ2v) is 9.55. The highest BCUT2D eigenvalue weighted by Gasteiger charge is 2.57. The molecule has 0 spiro atoms. The molecule has 2 aliphatic rings. The lowest BCUT2D eigenvalue weighted by molar-refractivity contribution is 0.0691. The molecule has 1 saturated carbocycles. The average molecular weight is 484 g/mol. The van der Waals surface area contributed by atoms with Crippen molar-refractivity contribution in [3.05, 3.63) is 56.6 Å². The minimum Gasteiger partial charge on any atom is -0.476 e. The highest BCUT2D eigenvalue weighted by molar-refractivity contribution is 6.29. The number of hydrogen-bond donors (Lipinski definition) is 2. The highest BCUT2D eigenvalue weighted by atomic mass is 35.5. The Labute approximate surface area is 201 Å². The van der Waals surface area contributed by atoms with Crippen molar-refractivity contribution >= 4 is 40.1 Å². The summed E-state index contributed by atoms with van der Waals surface area (Å²) >= 11 is 5.90. The molecule has 1 aliphatic carbocycles. The lowest BCUT2D eigenvalue weighted by Gasteiger charge is -2.24. The number of piperidine rings is 1. The summed E-state index contributed by atoms with van der Waals surface area (Å²) in [6.07, 6.45) is 0.299. The van der Waals surface area contributed by atoms with Gasteiger partial charge in [0.25, 0.3) is 5.56 Å². The lowest BCUT2D eigenvalue weighted by Crippen LogP contribution is -2.33. The van der Waals surface area contributed by atoms with Crippen molar-refractivity contribution in [2.45, 2.75) is 26.0 Å². The number of carboxylic acids is 1. The van der Waals surface area contributed by atoms with Gasteiger partial charge in [0.15, 0.2) is 5.69 Å². The number of carboxylic acid groups (broad SMARTS) is 1. The van der Waals surface area contributed by atoms with Crippen molar-refractivity contribution in [1.29, 1.82) is 0 Å². The topological polar surface area (TPSA) is 110 Å². The summed E-state index contributed by atoms with van der Waals surface area (Å²) in [4.78, 5) is 36.0. The number of aromatic nitrogens is 3. The van der Waals surface area contributed by atoms with E-state index in [2.05, 4.69) is 15.2 Å². The summed E-state index contributed by atoms with van der Waals surface area (Å²) in [5.41, 5.74) is 2.39. The van der Waals surface area contributed by atoms with Crippen LogP contribution in [0.25, 0.3) is 10.9 Å². The first kappa shape index (κ1) is 22.6. The van der Waals surface area contributed by atoms with Crippen LogP contribution in [0.4, 0.5) is 11.6 Å².